The van der Waals surface area contributed by atoms with Gasteiger partial charge in [-0.2, -0.15) is 0 Å². The molecule has 0 aliphatic carbocycles. The number of aryl methyl sites for hydroxylation is 1. The lowest BCUT2D eigenvalue weighted by Gasteiger charge is -2.16. The zero-order valence-electron chi connectivity index (χ0n) is 14.2. The smallest absolute Gasteiger partial charge is 0.338 e. The van der Waals surface area contributed by atoms with Crippen molar-refractivity contribution in [2.75, 3.05) is 17.7 Å². The standard InChI is InChI=1S/C19H18N2O4S/c1-12-4-2-3-5-14(12)9-20-17(22)10-25-19(24)13-6-7-16-15(8-13)21-18(23)11-26-16/h2-8H,9-11H2,1H3,(H,20,22)(H,21,23). The minimum absolute atomic E-state index is 0.108. The zero-order valence-corrected chi connectivity index (χ0v) is 15.0. The molecule has 0 unspecified atom stereocenters. The molecule has 1 aliphatic rings. The van der Waals surface area contributed by atoms with Crippen molar-refractivity contribution in [1.29, 1.82) is 0 Å². The summed E-state index contributed by atoms with van der Waals surface area (Å²) in [6.45, 7) is 1.99. The lowest BCUT2D eigenvalue weighted by atomic mass is 10.1. The van der Waals surface area contributed by atoms with Crippen LogP contribution in [0.1, 0.15) is 21.5 Å². The molecule has 2 amide bonds. The molecule has 26 heavy (non-hydrogen) atoms. The number of nitrogens with one attached hydrogen (secondary N) is 2. The number of ether oxygens (including phenoxy) is 1. The summed E-state index contributed by atoms with van der Waals surface area (Å²) in [4.78, 5) is 36.3. The largest absolute Gasteiger partial charge is 0.452 e. The maximum atomic E-state index is 12.1. The molecule has 0 bridgehead atoms. The van der Waals surface area contributed by atoms with E-state index < -0.39 is 5.97 Å². The fourth-order valence-corrected chi connectivity index (χ4v) is 3.27. The van der Waals surface area contributed by atoms with Crippen LogP contribution in [0.5, 0.6) is 0 Å². The average Bonchev–Trinajstić information content (AvgIpc) is 2.64. The highest BCUT2D eigenvalue weighted by Gasteiger charge is 2.18. The minimum Gasteiger partial charge on any atom is -0.452 e. The topological polar surface area (TPSA) is 84.5 Å². The quantitative estimate of drug-likeness (QED) is 0.790. The number of anilines is 1. The van der Waals surface area contributed by atoms with Crippen molar-refractivity contribution in [2.45, 2.75) is 18.4 Å². The summed E-state index contributed by atoms with van der Waals surface area (Å²) in [7, 11) is 0. The van der Waals surface area contributed by atoms with E-state index in [0.717, 1.165) is 16.0 Å². The Balaban J connectivity index is 1.52. The van der Waals surface area contributed by atoms with Crippen LogP contribution in [0.4, 0.5) is 5.69 Å². The van der Waals surface area contributed by atoms with Crippen LogP contribution in [-0.4, -0.2) is 30.1 Å². The number of amides is 2. The van der Waals surface area contributed by atoms with Crippen LogP contribution in [0.3, 0.4) is 0 Å². The average molecular weight is 370 g/mol. The van der Waals surface area contributed by atoms with Crippen LogP contribution in [0, 0.1) is 6.92 Å². The van der Waals surface area contributed by atoms with E-state index in [4.69, 9.17) is 4.74 Å². The second-order valence-electron chi connectivity index (χ2n) is 5.83. The molecule has 3 rings (SSSR count). The first kappa shape index (κ1) is 18.0. The molecule has 7 heteroatoms. The lowest BCUT2D eigenvalue weighted by molar-refractivity contribution is -0.124. The fraction of sp³-hybridized carbons (Fsp3) is 0.211. The van der Waals surface area contributed by atoms with E-state index >= 15 is 0 Å². The number of hydrogen-bond donors (Lipinski definition) is 2. The normalized spacial score (nSPS) is 12.7. The van der Waals surface area contributed by atoms with Crippen molar-refractivity contribution in [3.63, 3.8) is 0 Å². The van der Waals surface area contributed by atoms with Gasteiger partial charge in [-0.3, -0.25) is 9.59 Å². The number of fused-ring (bicyclic) bond motifs is 1. The van der Waals surface area contributed by atoms with Crippen LogP contribution >= 0.6 is 11.8 Å². The second-order valence-corrected chi connectivity index (χ2v) is 6.84. The highest BCUT2D eigenvalue weighted by atomic mass is 32.2. The summed E-state index contributed by atoms with van der Waals surface area (Å²) in [6, 6.07) is 12.7. The Hall–Kier alpha value is -2.80. The number of esters is 1. The van der Waals surface area contributed by atoms with Gasteiger partial charge in [-0.1, -0.05) is 24.3 Å². The zero-order chi connectivity index (χ0) is 18.5. The molecule has 6 nitrogen and oxygen atoms in total. The summed E-state index contributed by atoms with van der Waals surface area (Å²) in [6.07, 6.45) is 0. The van der Waals surface area contributed by atoms with Crippen molar-refractivity contribution in [2.24, 2.45) is 0 Å². The second kappa shape index (κ2) is 8.05. The van der Waals surface area contributed by atoms with E-state index in [9.17, 15) is 14.4 Å². The van der Waals surface area contributed by atoms with Crippen LogP contribution in [-0.2, 0) is 20.9 Å². The first-order valence-electron chi connectivity index (χ1n) is 8.08. The third kappa shape index (κ3) is 4.43. The Morgan fingerprint density at radius 1 is 1.23 bits per heavy atom. The molecule has 2 aromatic carbocycles. The molecule has 1 heterocycles. The van der Waals surface area contributed by atoms with E-state index in [1.807, 2.05) is 31.2 Å². The summed E-state index contributed by atoms with van der Waals surface area (Å²) in [5.74, 6) is -0.728. The Kier molecular flexibility index (Phi) is 5.58. The molecular weight excluding hydrogens is 352 g/mol. The molecular formula is C19H18N2O4S. The van der Waals surface area contributed by atoms with E-state index in [-0.39, 0.29) is 18.4 Å². The summed E-state index contributed by atoms with van der Waals surface area (Å²) < 4.78 is 5.06. The SMILES string of the molecule is Cc1ccccc1CNC(=O)COC(=O)c1ccc2c(c1)NC(=O)CS2. The van der Waals surface area contributed by atoms with Gasteiger partial charge in [0.05, 0.1) is 17.0 Å². The Bertz CT molecular complexity index is 866. The molecule has 0 spiro atoms. The predicted molar refractivity (Wildman–Crippen MR) is 99.1 cm³/mol. The minimum atomic E-state index is -0.608. The molecule has 0 saturated heterocycles. The molecule has 0 fully saturated rings. The van der Waals surface area contributed by atoms with Gasteiger partial charge in [0.15, 0.2) is 6.61 Å². The van der Waals surface area contributed by atoms with Crippen molar-refractivity contribution < 1.29 is 19.1 Å². The van der Waals surface area contributed by atoms with E-state index in [1.165, 1.54) is 11.8 Å². The van der Waals surface area contributed by atoms with Crippen LogP contribution < -0.4 is 10.6 Å². The van der Waals surface area contributed by atoms with Crippen molar-refractivity contribution in [1.82, 2.24) is 5.32 Å². The summed E-state index contributed by atoms with van der Waals surface area (Å²) in [5.41, 5.74) is 2.97. The van der Waals surface area contributed by atoms with Crippen LogP contribution in [0.25, 0.3) is 0 Å². The van der Waals surface area contributed by atoms with E-state index in [2.05, 4.69) is 10.6 Å². The Morgan fingerprint density at radius 3 is 2.85 bits per heavy atom. The van der Waals surface area contributed by atoms with Crippen molar-refractivity contribution in [3.05, 3.63) is 59.2 Å². The van der Waals surface area contributed by atoms with Gasteiger partial charge in [0.2, 0.25) is 5.91 Å². The number of carbonyl (C=O) groups excluding carboxylic acids is 3. The maximum Gasteiger partial charge on any atom is 0.338 e. The third-order valence-corrected chi connectivity index (χ3v) is 4.99. The van der Waals surface area contributed by atoms with Gasteiger partial charge in [-0.15, -0.1) is 11.8 Å². The fourth-order valence-electron chi connectivity index (χ4n) is 2.48. The number of benzene rings is 2. The van der Waals surface area contributed by atoms with Gasteiger partial charge >= 0.3 is 5.97 Å². The molecule has 0 radical (unpaired) electrons. The first-order chi connectivity index (χ1) is 12.5. The third-order valence-electron chi connectivity index (χ3n) is 3.92. The first-order valence-corrected chi connectivity index (χ1v) is 9.06. The van der Waals surface area contributed by atoms with Crippen LogP contribution in [0.15, 0.2) is 47.4 Å². The summed E-state index contributed by atoms with van der Waals surface area (Å²) in [5, 5.41) is 5.44. The highest BCUT2D eigenvalue weighted by Crippen LogP contribution is 2.32. The van der Waals surface area contributed by atoms with Crippen molar-refractivity contribution >= 4 is 35.2 Å². The molecule has 2 aromatic rings. The Labute approximate surface area is 155 Å². The highest BCUT2D eigenvalue weighted by molar-refractivity contribution is 8.00. The molecule has 134 valence electrons. The van der Waals surface area contributed by atoms with Gasteiger partial charge < -0.3 is 15.4 Å². The van der Waals surface area contributed by atoms with Crippen LogP contribution in [0.2, 0.25) is 0 Å². The number of hydrogen-bond acceptors (Lipinski definition) is 5. The number of rotatable bonds is 5. The van der Waals surface area contributed by atoms with Gasteiger partial charge in [0, 0.05) is 11.4 Å². The lowest BCUT2D eigenvalue weighted by Crippen LogP contribution is -2.28. The summed E-state index contributed by atoms with van der Waals surface area (Å²) >= 11 is 1.41. The van der Waals surface area contributed by atoms with Crippen molar-refractivity contribution in [3.8, 4) is 0 Å². The van der Waals surface area contributed by atoms with E-state index in [0.29, 0.717) is 23.5 Å². The predicted octanol–water partition coefficient (Wildman–Crippen LogP) is 2.51. The molecule has 0 atom stereocenters. The van der Waals surface area contributed by atoms with Gasteiger partial charge in [-0.25, -0.2) is 4.79 Å². The molecule has 0 saturated carbocycles. The van der Waals surface area contributed by atoms with Gasteiger partial charge in [-0.05, 0) is 36.2 Å². The monoisotopic (exact) mass is 370 g/mol. The molecule has 2 N–H and O–H groups in total. The van der Waals surface area contributed by atoms with Gasteiger partial charge in [0.1, 0.15) is 0 Å². The molecule has 1 aliphatic heterocycles. The van der Waals surface area contributed by atoms with E-state index in [1.54, 1.807) is 18.2 Å². The number of thioether (sulfide) groups is 1. The number of carbonyl (C=O) groups is 3. The Morgan fingerprint density at radius 2 is 2.04 bits per heavy atom. The van der Waals surface area contributed by atoms with Gasteiger partial charge in [0.25, 0.3) is 5.91 Å². The molecule has 0 aromatic heterocycles. The maximum absolute atomic E-state index is 12.1.